The zero-order chi connectivity index (χ0) is 23.4. The number of aromatic nitrogens is 1. The summed E-state index contributed by atoms with van der Waals surface area (Å²) in [5.74, 6) is -3.49. The molecule has 1 aromatic rings. The zero-order valence-corrected chi connectivity index (χ0v) is 17.9. The molecule has 12 nitrogen and oxygen atoms in total. The number of oxime groups is 1. The Morgan fingerprint density at radius 2 is 2.19 bits per heavy atom. The smallest absolute Gasteiger partial charge is 0.352 e. The molecule has 1 unspecified atom stereocenters. The summed E-state index contributed by atoms with van der Waals surface area (Å²) in [5.41, 5.74) is 5.71. The van der Waals surface area contributed by atoms with Crippen LogP contribution < -0.4 is 11.1 Å². The van der Waals surface area contributed by atoms with Gasteiger partial charge < -0.3 is 26.1 Å². The van der Waals surface area contributed by atoms with Crippen LogP contribution >= 0.6 is 23.1 Å². The molecule has 1 fully saturated rings. The molecule has 0 aromatic carbocycles. The van der Waals surface area contributed by atoms with Gasteiger partial charge in [-0.3, -0.25) is 14.5 Å². The molecule has 3 rings (SSSR count). The highest BCUT2D eigenvalue weighted by Gasteiger charge is 2.54. The van der Waals surface area contributed by atoms with Gasteiger partial charge in [0.25, 0.3) is 11.8 Å². The monoisotopic (exact) mass is 479 g/mol. The second kappa shape index (κ2) is 9.65. The van der Waals surface area contributed by atoms with Crippen LogP contribution in [-0.2, 0) is 24.0 Å². The summed E-state index contributed by atoms with van der Waals surface area (Å²) in [4.78, 5) is 57.7. The van der Waals surface area contributed by atoms with Gasteiger partial charge in [0.1, 0.15) is 29.4 Å². The lowest BCUT2D eigenvalue weighted by atomic mass is 10.0. The number of nitrogens with zero attached hydrogens (tertiary/aromatic N) is 3. The normalized spacial score (nSPS) is 20.6. The van der Waals surface area contributed by atoms with Crippen molar-refractivity contribution in [3.63, 3.8) is 0 Å². The van der Waals surface area contributed by atoms with E-state index in [-0.39, 0.29) is 28.8 Å². The molecule has 14 heteroatoms. The Kier molecular flexibility index (Phi) is 6.95. The van der Waals surface area contributed by atoms with Gasteiger partial charge >= 0.3 is 11.9 Å². The minimum absolute atomic E-state index is 0.104. The van der Waals surface area contributed by atoms with Gasteiger partial charge in [0.2, 0.25) is 0 Å². The van der Waals surface area contributed by atoms with Gasteiger partial charge in [-0.25, -0.2) is 14.6 Å². The maximum atomic E-state index is 12.8. The molecule has 5 N–H and O–H groups in total. The number of allylic oxidation sites excluding steroid dienone is 1. The number of β-lactam (4-membered cyclic amide) rings is 1. The Bertz CT molecular complexity index is 1080. The molecular formula is C18H17N5O7S2. The molecule has 0 bridgehead atoms. The van der Waals surface area contributed by atoms with E-state index in [1.165, 1.54) is 29.3 Å². The number of carboxylic acid groups (broad SMARTS) is 2. The highest BCUT2D eigenvalue weighted by Crippen LogP contribution is 2.40. The number of thiazole rings is 1. The van der Waals surface area contributed by atoms with Crippen LogP contribution in [-0.4, -0.2) is 73.3 Å². The number of hydrogen-bond donors (Lipinski definition) is 4. The van der Waals surface area contributed by atoms with Crippen LogP contribution in [0.2, 0.25) is 0 Å². The molecule has 0 saturated carbocycles. The molecule has 1 aromatic heterocycles. The van der Waals surface area contributed by atoms with Gasteiger partial charge in [-0.1, -0.05) is 17.8 Å². The molecule has 2 amide bonds. The van der Waals surface area contributed by atoms with Crippen molar-refractivity contribution < 1.29 is 34.2 Å². The lowest BCUT2D eigenvalue weighted by Crippen LogP contribution is -2.71. The summed E-state index contributed by atoms with van der Waals surface area (Å²) < 4.78 is 0. The molecule has 1 saturated heterocycles. The Hall–Kier alpha value is -3.65. The van der Waals surface area contributed by atoms with E-state index in [1.54, 1.807) is 0 Å². The molecule has 0 radical (unpaired) electrons. The van der Waals surface area contributed by atoms with Gasteiger partial charge in [-0.05, 0) is 11.6 Å². The Balaban J connectivity index is 1.76. The van der Waals surface area contributed by atoms with E-state index >= 15 is 0 Å². The number of nitrogens with two attached hydrogens (primary N) is 1. The van der Waals surface area contributed by atoms with Crippen LogP contribution in [0, 0.1) is 0 Å². The summed E-state index contributed by atoms with van der Waals surface area (Å²) in [6, 6.07) is -0.985. The fourth-order valence-corrected chi connectivity index (χ4v) is 4.79. The number of carbonyl (C=O) groups excluding carboxylic acids is 2. The summed E-state index contributed by atoms with van der Waals surface area (Å²) in [6.07, 6.45) is 3.42. The second-order valence-corrected chi connectivity index (χ2v) is 8.29. The first-order chi connectivity index (χ1) is 15.2. The maximum Gasteiger partial charge on any atom is 0.352 e. The third-order valence-corrected chi connectivity index (χ3v) is 6.28. The molecule has 0 aliphatic carbocycles. The molecule has 32 heavy (non-hydrogen) atoms. The number of rotatable bonds is 9. The van der Waals surface area contributed by atoms with Crippen LogP contribution in [0.3, 0.4) is 0 Å². The molecule has 2 atom stereocenters. The minimum Gasteiger partial charge on any atom is -0.478 e. The average molecular weight is 479 g/mol. The second-order valence-electron chi connectivity index (χ2n) is 6.29. The van der Waals surface area contributed by atoms with Crippen LogP contribution in [0.4, 0.5) is 5.13 Å². The van der Waals surface area contributed by atoms with Crippen molar-refractivity contribution in [1.82, 2.24) is 15.2 Å². The summed E-state index contributed by atoms with van der Waals surface area (Å²) in [6.45, 7) is 3.35. The number of carbonyl (C=O) groups is 4. The Morgan fingerprint density at radius 3 is 2.78 bits per heavy atom. The number of fused-ring (bicyclic) bond motifs is 1. The highest BCUT2D eigenvalue weighted by atomic mass is 32.2. The summed E-state index contributed by atoms with van der Waals surface area (Å²) >= 11 is 2.35. The number of nitrogen functional groups attached to an aromatic ring is 1. The van der Waals surface area contributed by atoms with E-state index < -0.39 is 35.2 Å². The first kappa shape index (κ1) is 23.0. The maximum absolute atomic E-state index is 12.8. The number of aliphatic carboxylic acids is 2. The number of anilines is 1. The molecule has 2 aliphatic heterocycles. The van der Waals surface area contributed by atoms with Gasteiger partial charge in [-0.15, -0.1) is 23.1 Å². The van der Waals surface area contributed by atoms with E-state index in [1.807, 2.05) is 0 Å². The van der Waals surface area contributed by atoms with Crippen molar-refractivity contribution in [2.45, 2.75) is 11.4 Å². The zero-order valence-electron chi connectivity index (χ0n) is 16.3. The standard InChI is InChI=1S/C18H17N5O7S2/c1-2-8-6-31-16-12(15(27)23(16)13(8)17(28)29)21-14(26)11(9-7-32-18(19)20-9)22-30-5-3-4-10(24)25/h2-4,7,12,16H,1,5-6H2,(H2,19,20)(H,21,26)(H,24,25)(H,28,29)/t12?,16-/m0/s1. The fraction of sp³-hybridized carbons (Fsp3) is 0.222. The van der Waals surface area contributed by atoms with Crippen molar-refractivity contribution in [3.05, 3.63) is 47.2 Å². The third-order valence-electron chi connectivity index (χ3n) is 4.30. The molecular weight excluding hydrogens is 462 g/mol. The lowest BCUT2D eigenvalue weighted by Gasteiger charge is -2.49. The Morgan fingerprint density at radius 1 is 1.44 bits per heavy atom. The number of nitrogens with one attached hydrogen (secondary N) is 1. The highest BCUT2D eigenvalue weighted by molar-refractivity contribution is 8.00. The predicted octanol–water partition coefficient (Wildman–Crippen LogP) is 0.0114. The van der Waals surface area contributed by atoms with E-state index in [9.17, 15) is 24.3 Å². The molecule has 0 spiro atoms. The van der Waals surface area contributed by atoms with Gasteiger partial charge in [-0.2, -0.15) is 0 Å². The third kappa shape index (κ3) is 4.65. The van der Waals surface area contributed by atoms with Gasteiger partial charge in [0, 0.05) is 17.2 Å². The lowest BCUT2D eigenvalue weighted by molar-refractivity contribution is -0.150. The predicted molar refractivity (Wildman–Crippen MR) is 116 cm³/mol. The van der Waals surface area contributed by atoms with E-state index in [2.05, 4.69) is 22.0 Å². The van der Waals surface area contributed by atoms with Crippen molar-refractivity contribution in [3.8, 4) is 0 Å². The SMILES string of the molecule is C=CC1=C(C(=O)O)N2C(=O)C(NC(=O)C(=NOCC=CC(=O)O)c3csc(N)n3)[C@@H]2SC1. The molecule has 2 aliphatic rings. The van der Waals surface area contributed by atoms with Crippen LogP contribution in [0.1, 0.15) is 5.69 Å². The number of carboxylic acids is 2. The quantitative estimate of drug-likeness (QED) is 0.124. The largest absolute Gasteiger partial charge is 0.478 e. The number of thioether (sulfide) groups is 1. The Labute approximate surface area is 189 Å². The summed E-state index contributed by atoms with van der Waals surface area (Å²) in [7, 11) is 0. The average Bonchev–Trinajstić information content (AvgIpc) is 3.18. The van der Waals surface area contributed by atoms with E-state index in [4.69, 9.17) is 15.7 Å². The van der Waals surface area contributed by atoms with Crippen LogP contribution in [0.5, 0.6) is 0 Å². The fourth-order valence-electron chi connectivity index (χ4n) is 2.90. The van der Waals surface area contributed by atoms with Gasteiger partial charge in [0.15, 0.2) is 10.8 Å². The number of amides is 2. The minimum atomic E-state index is -1.26. The molecule has 3 heterocycles. The van der Waals surface area contributed by atoms with E-state index in [0.29, 0.717) is 11.3 Å². The van der Waals surface area contributed by atoms with Crippen molar-refractivity contribution >= 4 is 57.7 Å². The topological polar surface area (TPSA) is 185 Å². The first-order valence-electron chi connectivity index (χ1n) is 8.89. The van der Waals surface area contributed by atoms with Crippen molar-refractivity contribution in [2.75, 3.05) is 18.1 Å². The van der Waals surface area contributed by atoms with Crippen LogP contribution in [0.25, 0.3) is 0 Å². The number of hydrogen-bond acceptors (Lipinski definition) is 10. The first-order valence-corrected chi connectivity index (χ1v) is 10.8. The van der Waals surface area contributed by atoms with E-state index in [0.717, 1.165) is 22.3 Å². The molecule has 168 valence electrons. The summed E-state index contributed by atoms with van der Waals surface area (Å²) in [5, 5.41) is 25.3. The van der Waals surface area contributed by atoms with Crippen molar-refractivity contribution in [2.24, 2.45) is 5.16 Å². The van der Waals surface area contributed by atoms with Crippen LogP contribution in [0.15, 0.2) is 46.6 Å². The van der Waals surface area contributed by atoms with Crippen molar-refractivity contribution in [1.29, 1.82) is 0 Å². The van der Waals surface area contributed by atoms with Gasteiger partial charge in [0.05, 0.1) is 0 Å².